The van der Waals surface area contributed by atoms with Gasteiger partial charge in [-0.15, -0.1) is 0 Å². The van der Waals surface area contributed by atoms with Gasteiger partial charge >= 0.3 is 0 Å². The number of benzene rings is 2. The van der Waals surface area contributed by atoms with Crippen LogP contribution in [0.3, 0.4) is 0 Å². The van der Waals surface area contributed by atoms with Crippen LogP contribution in [0.1, 0.15) is 30.0 Å². The van der Waals surface area contributed by atoms with Crippen molar-refractivity contribution in [3.05, 3.63) is 71.3 Å². The van der Waals surface area contributed by atoms with Crippen molar-refractivity contribution in [2.45, 2.75) is 18.9 Å². The fourth-order valence-corrected chi connectivity index (χ4v) is 3.74. The fourth-order valence-electron chi connectivity index (χ4n) is 3.74. The summed E-state index contributed by atoms with van der Waals surface area (Å²) in [5.74, 6) is 0.794. The third kappa shape index (κ3) is 3.65. The Kier molecular flexibility index (Phi) is 5.02. The van der Waals surface area contributed by atoms with E-state index in [0.29, 0.717) is 18.7 Å². The highest BCUT2D eigenvalue weighted by atomic mass is 16.5. The number of fused-ring (bicyclic) bond motifs is 1. The van der Waals surface area contributed by atoms with E-state index in [2.05, 4.69) is 34.5 Å². The van der Waals surface area contributed by atoms with Crippen molar-refractivity contribution in [1.82, 2.24) is 10.2 Å². The van der Waals surface area contributed by atoms with Gasteiger partial charge in [0.2, 0.25) is 0 Å². The topological polar surface area (TPSA) is 41.6 Å². The van der Waals surface area contributed by atoms with Crippen LogP contribution in [-0.2, 0) is 4.79 Å². The molecule has 1 saturated heterocycles. The van der Waals surface area contributed by atoms with Crippen LogP contribution in [0.2, 0.25) is 0 Å². The Balaban J connectivity index is 1.46. The summed E-state index contributed by atoms with van der Waals surface area (Å²) in [7, 11) is 0. The number of hydrogen-bond donors (Lipinski definition) is 1. The van der Waals surface area contributed by atoms with Gasteiger partial charge in [0.05, 0.1) is 11.6 Å². The van der Waals surface area contributed by atoms with Crippen LogP contribution in [0.4, 0.5) is 0 Å². The molecule has 2 aromatic carbocycles. The molecule has 0 unspecified atom stereocenters. The van der Waals surface area contributed by atoms with E-state index >= 15 is 0 Å². The van der Waals surface area contributed by atoms with Gasteiger partial charge in [-0.2, -0.15) is 0 Å². The number of para-hydroxylation sites is 1. The quantitative estimate of drug-likeness (QED) is 0.900. The van der Waals surface area contributed by atoms with Crippen molar-refractivity contribution in [1.29, 1.82) is 0 Å². The maximum absolute atomic E-state index is 12.7. The van der Waals surface area contributed by atoms with Gasteiger partial charge in [0.1, 0.15) is 12.4 Å². The summed E-state index contributed by atoms with van der Waals surface area (Å²) in [6.45, 7) is 3.12. The molecule has 0 aliphatic carbocycles. The highest BCUT2D eigenvalue weighted by Gasteiger charge is 2.25. The van der Waals surface area contributed by atoms with Gasteiger partial charge in [-0.1, -0.05) is 48.5 Å². The van der Waals surface area contributed by atoms with Crippen molar-refractivity contribution >= 4 is 12.0 Å². The van der Waals surface area contributed by atoms with E-state index in [-0.39, 0.29) is 11.9 Å². The predicted molar refractivity (Wildman–Crippen MR) is 103 cm³/mol. The molecule has 1 atom stereocenters. The Labute approximate surface area is 154 Å². The van der Waals surface area contributed by atoms with Crippen LogP contribution in [0.5, 0.6) is 5.75 Å². The third-order valence-corrected chi connectivity index (χ3v) is 5.15. The van der Waals surface area contributed by atoms with Gasteiger partial charge in [-0.3, -0.25) is 9.69 Å². The van der Waals surface area contributed by atoms with Crippen LogP contribution < -0.4 is 10.1 Å². The first-order valence-corrected chi connectivity index (χ1v) is 9.31. The van der Waals surface area contributed by atoms with Crippen LogP contribution in [0.15, 0.2) is 60.2 Å². The number of nitrogens with one attached hydrogen (secondary N) is 1. The van der Waals surface area contributed by atoms with Crippen molar-refractivity contribution in [2.24, 2.45) is 0 Å². The minimum absolute atomic E-state index is 0.0420. The largest absolute Gasteiger partial charge is 0.488 e. The average Bonchev–Trinajstić information content (AvgIpc) is 3.23. The number of ether oxygens (including phenoxy) is 1. The lowest BCUT2D eigenvalue weighted by Crippen LogP contribution is -2.38. The molecular formula is C22H24N2O2. The number of carbonyl (C=O) groups excluding carboxylic acids is 1. The summed E-state index contributed by atoms with van der Waals surface area (Å²) in [5.41, 5.74) is 2.90. The molecule has 134 valence electrons. The molecule has 1 N–H and O–H groups in total. The number of nitrogens with zero attached hydrogens (tertiary/aromatic N) is 1. The molecule has 0 saturated carbocycles. The van der Waals surface area contributed by atoms with E-state index in [1.807, 2.05) is 36.4 Å². The zero-order chi connectivity index (χ0) is 17.8. The number of hydrogen-bond acceptors (Lipinski definition) is 3. The minimum atomic E-state index is -0.0420. The SMILES string of the molecule is O=C(NC[C@H](c1ccccc1)N1CCCC1)C1=Cc2ccccc2OC1. The van der Waals surface area contributed by atoms with E-state index < -0.39 is 0 Å². The highest BCUT2D eigenvalue weighted by molar-refractivity contribution is 5.99. The summed E-state index contributed by atoms with van der Waals surface area (Å²) < 4.78 is 5.71. The maximum Gasteiger partial charge on any atom is 0.250 e. The molecule has 1 amide bonds. The fraction of sp³-hybridized carbons (Fsp3) is 0.318. The molecule has 4 rings (SSSR count). The van der Waals surface area contributed by atoms with E-state index in [0.717, 1.165) is 24.4 Å². The lowest BCUT2D eigenvalue weighted by Gasteiger charge is -2.28. The molecule has 26 heavy (non-hydrogen) atoms. The van der Waals surface area contributed by atoms with E-state index in [1.165, 1.54) is 18.4 Å². The summed E-state index contributed by atoms with van der Waals surface area (Å²) in [4.78, 5) is 15.1. The molecule has 2 aromatic rings. The molecular weight excluding hydrogens is 324 g/mol. The minimum Gasteiger partial charge on any atom is -0.488 e. The van der Waals surface area contributed by atoms with Crippen molar-refractivity contribution in [2.75, 3.05) is 26.2 Å². The lowest BCUT2D eigenvalue weighted by molar-refractivity contribution is -0.118. The summed E-state index contributed by atoms with van der Waals surface area (Å²) in [6, 6.07) is 18.5. The molecule has 0 aromatic heterocycles. The summed E-state index contributed by atoms with van der Waals surface area (Å²) >= 11 is 0. The first-order valence-electron chi connectivity index (χ1n) is 9.31. The van der Waals surface area contributed by atoms with Gasteiger partial charge in [0.15, 0.2) is 0 Å². The van der Waals surface area contributed by atoms with E-state index in [4.69, 9.17) is 4.74 Å². The second-order valence-electron chi connectivity index (χ2n) is 6.88. The second kappa shape index (κ2) is 7.75. The molecule has 4 nitrogen and oxygen atoms in total. The number of likely N-dealkylation sites (tertiary alicyclic amines) is 1. The maximum atomic E-state index is 12.7. The van der Waals surface area contributed by atoms with Gasteiger partial charge in [0, 0.05) is 12.1 Å². The first-order chi connectivity index (χ1) is 12.8. The van der Waals surface area contributed by atoms with Crippen LogP contribution in [0, 0.1) is 0 Å². The molecule has 2 heterocycles. The smallest absolute Gasteiger partial charge is 0.250 e. The van der Waals surface area contributed by atoms with Crippen molar-refractivity contribution in [3.8, 4) is 5.75 Å². The predicted octanol–water partition coefficient (Wildman–Crippen LogP) is 3.42. The second-order valence-corrected chi connectivity index (χ2v) is 6.88. The zero-order valence-electron chi connectivity index (χ0n) is 14.9. The van der Waals surface area contributed by atoms with E-state index in [9.17, 15) is 4.79 Å². The van der Waals surface area contributed by atoms with Gasteiger partial charge in [-0.05, 0) is 43.6 Å². The van der Waals surface area contributed by atoms with Gasteiger partial charge in [0.25, 0.3) is 5.91 Å². The van der Waals surface area contributed by atoms with Gasteiger partial charge < -0.3 is 10.1 Å². The Morgan fingerprint density at radius 3 is 2.58 bits per heavy atom. The third-order valence-electron chi connectivity index (χ3n) is 5.15. The Hall–Kier alpha value is -2.59. The molecule has 2 aliphatic heterocycles. The molecule has 1 fully saturated rings. The van der Waals surface area contributed by atoms with Crippen molar-refractivity contribution < 1.29 is 9.53 Å². The molecule has 2 aliphatic rings. The Morgan fingerprint density at radius 1 is 1.04 bits per heavy atom. The number of carbonyl (C=O) groups is 1. The summed E-state index contributed by atoms with van der Waals surface area (Å²) in [5, 5.41) is 3.13. The average molecular weight is 348 g/mol. The Bertz CT molecular complexity index is 795. The lowest BCUT2D eigenvalue weighted by atomic mass is 10.0. The highest BCUT2D eigenvalue weighted by Crippen LogP contribution is 2.27. The monoisotopic (exact) mass is 348 g/mol. The van der Waals surface area contributed by atoms with Crippen LogP contribution in [0.25, 0.3) is 6.08 Å². The molecule has 4 heteroatoms. The molecule has 0 spiro atoms. The summed E-state index contributed by atoms with van der Waals surface area (Å²) in [6.07, 6.45) is 4.39. The first kappa shape index (κ1) is 16.9. The molecule has 0 bridgehead atoms. The van der Waals surface area contributed by atoms with Crippen LogP contribution in [-0.4, -0.2) is 37.0 Å². The van der Waals surface area contributed by atoms with Gasteiger partial charge in [-0.25, -0.2) is 0 Å². The standard InChI is InChI=1S/C22H24N2O2/c25-22(19-14-18-10-4-5-11-21(18)26-16-19)23-15-20(24-12-6-7-13-24)17-8-2-1-3-9-17/h1-5,8-11,14,20H,6-7,12-13,15-16H2,(H,23,25)/t20-/m1/s1. The van der Waals surface area contributed by atoms with E-state index in [1.54, 1.807) is 0 Å². The normalized spacial score (nSPS) is 17.8. The zero-order valence-corrected chi connectivity index (χ0v) is 14.9. The molecule has 0 radical (unpaired) electrons. The number of rotatable bonds is 5. The van der Waals surface area contributed by atoms with Crippen LogP contribution >= 0.6 is 0 Å². The number of amides is 1. The Morgan fingerprint density at radius 2 is 1.77 bits per heavy atom. The van der Waals surface area contributed by atoms with Crippen molar-refractivity contribution in [3.63, 3.8) is 0 Å².